The number of nitrogens with zero attached hydrogens (tertiary/aromatic N) is 3. The lowest BCUT2D eigenvalue weighted by Gasteiger charge is -2.24. The Bertz CT molecular complexity index is 1190. The van der Waals surface area contributed by atoms with Gasteiger partial charge in [-0.15, -0.1) is 21.5 Å². The van der Waals surface area contributed by atoms with Gasteiger partial charge in [0.2, 0.25) is 0 Å². The molecule has 3 heterocycles. The van der Waals surface area contributed by atoms with E-state index >= 15 is 0 Å². The van der Waals surface area contributed by atoms with Crippen molar-refractivity contribution in [1.29, 1.82) is 0 Å². The number of rotatable bonds is 6. The van der Waals surface area contributed by atoms with Gasteiger partial charge in [0.1, 0.15) is 4.90 Å². The molecule has 0 atom stereocenters. The number of aryl methyl sites for hydroxylation is 2. The molecule has 4 rings (SSSR count). The molecule has 1 aliphatic heterocycles. The summed E-state index contributed by atoms with van der Waals surface area (Å²) in [5.41, 5.74) is 1.47. The molecule has 0 saturated carbocycles. The highest BCUT2D eigenvalue weighted by Gasteiger charge is 2.26. The third-order valence-electron chi connectivity index (χ3n) is 5.27. The number of hydrogen-bond donors (Lipinski definition) is 1. The minimum Gasteiger partial charge on any atom is -0.411 e. The summed E-state index contributed by atoms with van der Waals surface area (Å²) in [5.74, 6) is -0.205. The number of amides is 1. The molecule has 0 radical (unpaired) electrons. The largest absolute Gasteiger partial charge is 0.411 e. The Labute approximate surface area is 185 Å². The first-order valence-corrected chi connectivity index (χ1v) is 12.5. The van der Waals surface area contributed by atoms with Crippen LogP contribution in [0.1, 0.15) is 47.3 Å². The molecule has 0 unspecified atom stereocenters. The number of aromatic nitrogens is 2. The Balaban J connectivity index is 1.58. The van der Waals surface area contributed by atoms with Gasteiger partial charge in [0.15, 0.2) is 0 Å². The number of sulfonamides is 1. The summed E-state index contributed by atoms with van der Waals surface area (Å²) in [5, 5.41) is 7.87. The van der Waals surface area contributed by atoms with Crippen molar-refractivity contribution in [2.24, 2.45) is 0 Å². The zero-order chi connectivity index (χ0) is 22.0. The van der Waals surface area contributed by atoms with E-state index in [4.69, 9.17) is 4.42 Å². The Morgan fingerprint density at radius 1 is 1.19 bits per heavy atom. The average Bonchev–Trinajstić information content (AvgIpc) is 3.41. The molecule has 31 heavy (non-hydrogen) atoms. The first kappa shape index (κ1) is 21.5. The van der Waals surface area contributed by atoms with Crippen molar-refractivity contribution in [2.75, 3.05) is 17.8 Å². The van der Waals surface area contributed by atoms with Crippen molar-refractivity contribution < 1.29 is 17.6 Å². The molecular formula is C21H24N4O4S2. The minimum atomic E-state index is -3.80. The van der Waals surface area contributed by atoms with Gasteiger partial charge in [0, 0.05) is 18.0 Å². The maximum atomic E-state index is 13.0. The van der Waals surface area contributed by atoms with Crippen molar-refractivity contribution in [3.8, 4) is 10.8 Å². The first-order valence-electron chi connectivity index (χ1n) is 10.2. The van der Waals surface area contributed by atoms with E-state index in [1.54, 1.807) is 24.0 Å². The van der Waals surface area contributed by atoms with Crippen LogP contribution in [-0.2, 0) is 16.4 Å². The van der Waals surface area contributed by atoms with E-state index < -0.39 is 10.0 Å². The molecule has 1 fully saturated rings. The summed E-state index contributed by atoms with van der Waals surface area (Å²) in [6.45, 7) is 5.06. The lowest BCUT2D eigenvalue weighted by Crippen LogP contribution is -2.35. The van der Waals surface area contributed by atoms with E-state index in [9.17, 15) is 13.2 Å². The number of thiophene rings is 1. The van der Waals surface area contributed by atoms with Gasteiger partial charge in [0.05, 0.1) is 10.6 Å². The molecule has 0 spiro atoms. The Morgan fingerprint density at radius 2 is 1.94 bits per heavy atom. The summed E-state index contributed by atoms with van der Waals surface area (Å²) in [7, 11) is -3.80. The molecule has 1 N–H and O–H groups in total. The van der Waals surface area contributed by atoms with Crippen molar-refractivity contribution in [3.63, 3.8) is 0 Å². The fourth-order valence-electron chi connectivity index (χ4n) is 3.61. The Morgan fingerprint density at radius 3 is 2.68 bits per heavy atom. The molecule has 1 aromatic carbocycles. The van der Waals surface area contributed by atoms with Crippen LogP contribution in [0.2, 0.25) is 0 Å². The van der Waals surface area contributed by atoms with Crippen molar-refractivity contribution in [1.82, 2.24) is 15.1 Å². The molecule has 1 aliphatic rings. The highest BCUT2D eigenvalue weighted by molar-refractivity contribution is 7.93. The van der Waals surface area contributed by atoms with Crippen LogP contribution >= 0.6 is 11.3 Å². The fourth-order valence-corrected chi connectivity index (χ4v) is 6.22. The predicted molar refractivity (Wildman–Crippen MR) is 119 cm³/mol. The second-order valence-corrected chi connectivity index (χ2v) is 10.3. The highest BCUT2D eigenvalue weighted by Crippen LogP contribution is 2.34. The zero-order valence-corrected chi connectivity index (χ0v) is 19.1. The van der Waals surface area contributed by atoms with Crippen molar-refractivity contribution >= 4 is 33.0 Å². The van der Waals surface area contributed by atoms with Crippen LogP contribution in [0.25, 0.3) is 10.8 Å². The van der Waals surface area contributed by atoms with E-state index in [-0.39, 0.29) is 22.6 Å². The van der Waals surface area contributed by atoms with Gasteiger partial charge in [-0.2, -0.15) is 0 Å². The number of nitrogens with one attached hydrogen (secondary N) is 1. The number of piperidine rings is 1. The normalized spacial score (nSPS) is 14.6. The van der Waals surface area contributed by atoms with Crippen LogP contribution < -0.4 is 4.72 Å². The monoisotopic (exact) mass is 460 g/mol. The number of anilines is 1. The molecule has 2 aromatic heterocycles. The molecule has 8 nitrogen and oxygen atoms in total. The molecule has 10 heteroatoms. The number of carbonyl (C=O) groups is 1. The third-order valence-corrected chi connectivity index (χ3v) is 7.93. The van der Waals surface area contributed by atoms with Gasteiger partial charge in [-0.25, -0.2) is 8.42 Å². The molecule has 164 valence electrons. The minimum absolute atomic E-state index is 0.0673. The van der Waals surface area contributed by atoms with Gasteiger partial charge in [-0.1, -0.05) is 25.1 Å². The van der Waals surface area contributed by atoms with E-state index in [1.807, 2.05) is 19.1 Å². The van der Waals surface area contributed by atoms with Gasteiger partial charge >= 0.3 is 11.8 Å². The fraction of sp³-hybridized carbons (Fsp3) is 0.381. The molecule has 0 bridgehead atoms. The number of carbonyl (C=O) groups excluding carboxylic acids is 1. The zero-order valence-electron chi connectivity index (χ0n) is 17.4. The SMILES string of the molecule is CCc1ccccc1NS(=O)(=O)c1cc(-c2nnc(C(=O)N3CCCCC3)o2)sc1C. The second kappa shape index (κ2) is 8.80. The van der Waals surface area contributed by atoms with E-state index in [2.05, 4.69) is 14.9 Å². The maximum Gasteiger partial charge on any atom is 0.311 e. The van der Waals surface area contributed by atoms with Crippen molar-refractivity contribution in [2.45, 2.75) is 44.4 Å². The number of benzene rings is 1. The van der Waals surface area contributed by atoms with Crippen LogP contribution in [0, 0.1) is 6.92 Å². The number of likely N-dealkylation sites (tertiary alicyclic amines) is 1. The molecule has 0 aliphatic carbocycles. The van der Waals surface area contributed by atoms with Crippen LogP contribution in [0.4, 0.5) is 5.69 Å². The van der Waals surface area contributed by atoms with E-state index in [0.29, 0.717) is 35.0 Å². The van der Waals surface area contributed by atoms with Crippen molar-refractivity contribution in [3.05, 3.63) is 46.7 Å². The second-order valence-electron chi connectivity index (χ2n) is 7.41. The summed E-state index contributed by atoms with van der Waals surface area (Å²) >= 11 is 1.24. The van der Waals surface area contributed by atoms with Gasteiger partial charge in [-0.3, -0.25) is 9.52 Å². The standard InChI is InChI=1S/C21H24N4O4S2/c1-3-15-9-5-6-10-16(15)24-31(27,28)18-13-17(30-14(18)2)19-22-23-20(29-19)21(26)25-11-7-4-8-12-25/h5-6,9-10,13,24H,3-4,7-8,11-12H2,1-2H3. The first-order chi connectivity index (χ1) is 14.9. The van der Waals surface area contributed by atoms with Gasteiger partial charge in [0.25, 0.3) is 15.9 Å². The molecule has 1 saturated heterocycles. The van der Waals surface area contributed by atoms with Gasteiger partial charge < -0.3 is 9.32 Å². The third kappa shape index (κ3) is 4.49. The van der Waals surface area contributed by atoms with Crippen LogP contribution in [0.15, 0.2) is 39.6 Å². The van der Waals surface area contributed by atoms with Crippen LogP contribution in [-0.4, -0.2) is 42.5 Å². The average molecular weight is 461 g/mol. The van der Waals surface area contributed by atoms with E-state index in [1.165, 1.54) is 17.4 Å². The topological polar surface area (TPSA) is 105 Å². The summed E-state index contributed by atoms with van der Waals surface area (Å²) in [6, 6.07) is 8.82. The van der Waals surface area contributed by atoms with Gasteiger partial charge in [-0.05, 0) is 50.3 Å². The van der Waals surface area contributed by atoms with Crippen LogP contribution in [0.3, 0.4) is 0 Å². The molecular weight excluding hydrogens is 436 g/mol. The van der Waals surface area contributed by atoms with Crippen LogP contribution in [0.5, 0.6) is 0 Å². The summed E-state index contributed by atoms with van der Waals surface area (Å²) < 4.78 is 34.3. The Kier molecular flexibility index (Phi) is 6.10. The lowest BCUT2D eigenvalue weighted by molar-refractivity contribution is 0.0684. The highest BCUT2D eigenvalue weighted by atomic mass is 32.2. The smallest absolute Gasteiger partial charge is 0.311 e. The maximum absolute atomic E-state index is 13.0. The Hall–Kier alpha value is -2.72. The predicted octanol–water partition coefficient (Wildman–Crippen LogP) is 4.10. The quantitative estimate of drug-likeness (QED) is 0.594. The molecule has 1 amide bonds. The number of para-hydroxylation sites is 1. The lowest BCUT2D eigenvalue weighted by atomic mass is 10.1. The van der Waals surface area contributed by atoms with E-state index in [0.717, 1.165) is 24.8 Å². The summed E-state index contributed by atoms with van der Waals surface area (Å²) in [6.07, 6.45) is 3.75. The summed E-state index contributed by atoms with van der Waals surface area (Å²) in [4.78, 5) is 15.5. The molecule has 3 aromatic rings. The number of hydrogen-bond acceptors (Lipinski definition) is 7.